The van der Waals surface area contributed by atoms with E-state index in [0.717, 1.165) is 12.8 Å². The zero-order chi connectivity index (χ0) is 17.2. The Morgan fingerprint density at radius 2 is 1.92 bits per heavy atom. The zero-order valence-electron chi connectivity index (χ0n) is 13.2. The molecule has 24 heavy (non-hydrogen) atoms. The molecule has 1 aliphatic rings. The summed E-state index contributed by atoms with van der Waals surface area (Å²) in [5.74, 6) is 0.213. The first kappa shape index (κ1) is 17.0. The van der Waals surface area contributed by atoms with Crippen molar-refractivity contribution in [2.24, 2.45) is 5.92 Å². The van der Waals surface area contributed by atoms with Crippen molar-refractivity contribution in [3.63, 3.8) is 0 Å². The summed E-state index contributed by atoms with van der Waals surface area (Å²) in [4.78, 5) is 12.3. The molecule has 1 aromatic carbocycles. The molecule has 128 valence electrons. The highest BCUT2D eigenvalue weighted by molar-refractivity contribution is 7.89. The van der Waals surface area contributed by atoms with E-state index in [1.54, 1.807) is 0 Å². The molecular formula is C15H18N4O3S2. The van der Waals surface area contributed by atoms with Crippen molar-refractivity contribution in [1.29, 1.82) is 0 Å². The van der Waals surface area contributed by atoms with Gasteiger partial charge in [-0.1, -0.05) is 18.3 Å². The molecule has 0 aliphatic carbocycles. The molecule has 1 saturated heterocycles. The minimum Gasteiger partial charge on any atom is -0.296 e. The summed E-state index contributed by atoms with van der Waals surface area (Å²) in [6.07, 6.45) is 1.75. The van der Waals surface area contributed by atoms with E-state index in [4.69, 9.17) is 0 Å². The first-order valence-corrected chi connectivity index (χ1v) is 9.96. The van der Waals surface area contributed by atoms with E-state index in [1.165, 1.54) is 45.4 Å². The van der Waals surface area contributed by atoms with Crippen molar-refractivity contribution < 1.29 is 13.2 Å². The highest BCUT2D eigenvalue weighted by atomic mass is 32.2. The third-order valence-corrected chi connectivity index (χ3v) is 6.60. The molecule has 0 spiro atoms. The number of carbonyl (C=O) groups excluding carboxylic acids is 1. The molecule has 0 unspecified atom stereocenters. The fourth-order valence-electron chi connectivity index (χ4n) is 2.55. The van der Waals surface area contributed by atoms with E-state index >= 15 is 0 Å². The summed E-state index contributed by atoms with van der Waals surface area (Å²) in [6.45, 7) is 3.22. The largest absolute Gasteiger partial charge is 0.296 e. The van der Waals surface area contributed by atoms with Crippen LogP contribution in [0.2, 0.25) is 0 Å². The maximum Gasteiger partial charge on any atom is 0.257 e. The molecular weight excluding hydrogens is 348 g/mol. The van der Waals surface area contributed by atoms with Gasteiger partial charge in [-0.05, 0) is 43.0 Å². The van der Waals surface area contributed by atoms with E-state index in [9.17, 15) is 13.2 Å². The highest BCUT2D eigenvalue weighted by Crippen LogP contribution is 2.23. The number of hydrogen-bond acceptors (Lipinski definition) is 6. The third-order valence-electron chi connectivity index (χ3n) is 4.08. The van der Waals surface area contributed by atoms with Crippen molar-refractivity contribution >= 4 is 32.4 Å². The Balaban J connectivity index is 1.72. The maximum atomic E-state index is 12.6. The Morgan fingerprint density at radius 3 is 2.50 bits per heavy atom. The Morgan fingerprint density at radius 1 is 1.25 bits per heavy atom. The Bertz CT molecular complexity index is 796. The van der Waals surface area contributed by atoms with Crippen LogP contribution in [-0.4, -0.2) is 41.9 Å². The second-order valence-electron chi connectivity index (χ2n) is 5.81. The van der Waals surface area contributed by atoms with Gasteiger partial charge in [-0.3, -0.25) is 10.1 Å². The molecule has 2 aromatic rings. The van der Waals surface area contributed by atoms with Gasteiger partial charge in [-0.2, -0.15) is 4.31 Å². The number of aromatic nitrogens is 2. The van der Waals surface area contributed by atoms with Gasteiger partial charge in [0.1, 0.15) is 5.51 Å². The number of anilines is 1. The van der Waals surface area contributed by atoms with Gasteiger partial charge < -0.3 is 0 Å². The quantitative estimate of drug-likeness (QED) is 0.896. The predicted molar refractivity (Wildman–Crippen MR) is 91.5 cm³/mol. The van der Waals surface area contributed by atoms with Crippen LogP contribution in [0.5, 0.6) is 0 Å². The summed E-state index contributed by atoms with van der Waals surface area (Å²) in [7, 11) is -3.50. The molecule has 1 aromatic heterocycles. The monoisotopic (exact) mass is 366 g/mol. The fourth-order valence-corrected chi connectivity index (χ4v) is 4.46. The van der Waals surface area contributed by atoms with Gasteiger partial charge in [-0.15, -0.1) is 10.2 Å². The van der Waals surface area contributed by atoms with Crippen LogP contribution in [0.4, 0.5) is 5.13 Å². The Kier molecular flexibility index (Phi) is 4.93. The van der Waals surface area contributed by atoms with Gasteiger partial charge in [0, 0.05) is 18.7 Å². The van der Waals surface area contributed by atoms with Crippen LogP contribution in [0, 0.1) is 5.92 Å². The molecule has 9 heteroatoms. The lowest BCUT2D eigenvalue weighted by Gasteiger charge is -2.29. The minimum absolute atomic E-state index is 0.213. The first-order valence-electron chi connectivity index (χ1n) is 7.64. The summed E-state index contributed by atoms with van der Waals surface area (Å²) < 4.78 is 26.8. The smallest absolute Gasteiger partial charge is 0.257 e. The van der Waals surface area contributed by atoms with Crippen LogP contribution in [0.1, 0.15) is 30.1 Å². The van der Waals surface area contributed by atoms with Gasteiger partial charge in [-0.25, -0.2) is 8.42 Å². The number of rotatable bonds is 4. The number of benzene rings is 1. The van der Waals surface area contributed by atoms with Crippen molar-refractivity contribution in [3.8, 4) is 0 Å². The number of sulfonamides is 1. The Labute approximate surface area is 144 Å². The number of hydrogen-bond donors (Lipinski definition) is 1. The van der Waals surface area contributed by atoms with Crippen molar-refractivity contribution in [3.05, 3.63) is 35.3 Å². The Hall–Kier alpha value is -1.84. The molecule has 1 amide bonds. The molecule has 2 heterocycles. The van der Waals surface area contributed by atoms with Gasteiger partial charge in [0.2, 0.25) is 15.2 Å². The zero-order valence-corrected chi connectivity index (χ0v) is 14.8. The van der Waals surface area contributed by atoms with Gasteiger partial charge in [0.15, 0.2) is 0 Å². The van der Waals surface area contributed by atoms with E-state index in [0.29, 0.717) is 29.7 Å². The lowest BCUT2D eigenvalue weighted by molar-refractivity contribution is 0.102. The number of amides is 1. The normalized spacial score (nSPS) is 16.9. The topological polar surface area (TPSA) is 92.3 Å². The molecule has 0 bridgehead atoms. The molecule has 1 fully saturated rings. The number of nitrogens with one attached hydrogen (secondary N) is 1. The second-order valence-corrected chi connectivity index (χ2v) is 8.58. The molecule has 3 rings (SSSR count). The number of piperidine rings is 1. The lowest BCUT2D eigenvalue weighted by Crippen LogP contribution is -2.37. The van der Waals surface area contributed by atoms with Crippen LogP contribution in [0.25, 0.3) is 0 Å². The average molecular weight is 366 g/mol. The van der Waals surface area contributed by atoms with E-state index < -0.39 is 10.0 Å². The van der Waals surface area contributed by atoms with Crippen molar-refractivity contribution in [2.45, 2.75) is 24.7 Å². The molecule has 1 aliphatic heterocycles. The molecule has 0 radical (unpaired) electrons. The standard InChI is InChI=1S/C15H18N4O3S2/c1-11-6-8-19(9-7-11)24(21,22)13-4-2-12(3-5-13)14(20)17-15-18-16-10-23-15/h2-5,10-11H,6-9H2,1H3,(H,17,18,20). The highest BCUT2D eigenvalue weighted by Gasteiger charge is 2.28. The van der Waals surface area contributed by atoms with Crippen LogP contribution in [0.15, 0.2) is 34.7 Å². The van der Waals surface area contributed by atoms with Crippen molar-refractivity contribution in [1.82, 2.24) is 14.5 Å². The van der Waals surface area contributed by atoms with E-state index in [2.05, 4.69) is 22.4 Å². The molecule has 0 saturated carbocycles. The SMILES string of the molecule is CC1CCN(S(=O)(=O)c2ccc(C(=O)Nc3nncs3)cc2)CC1. The lowest BCUT2D eigenvalue weighted by atomic mass is 10.0. The number of nitrogens with zero attached hydrogens (tertiary/aromatic N) is 3. The third kappa shape index (κ3) is 3.63. The second kappa shape index (κ2) is 6.96. The van der Waals surface area contributed by atoms with Gasteiger partial charge in [0.05, 0.1) is 4.90 Å². The molecule has 1 N–H and O–H groups in total. The van der Waals surface area contributed by atoms with Crippen LogP contribution in [-0.2, 0) is 10.0 Å². The predicted octanol–water partition coefficient (Wildman–Crippen LogP) is 2.21. The van der Waals surface area contributed by atoms with Gasteiger partial charge in [0.25, 0.3) is 5.91 Å². The minimum atomic E-state index is -3.50. The van der Waals surface area contributed by atoms with E-state index in [-0.39, 0.29) is 10.8 Å². The van der Waals surface area contributed by atoms with Crippen molar-refractivity contribution in [2.75, 3.05) is 18.4 Å². The number of carbonyl (C=O) groups is 1. The summed E-state index contributed by atoms with van der Waals surface area (Å²) in [6, 6.07) is 5.97. The van der Waals surface area contributed by atoms with E-state index in [1.807, 2.05) is 0 Å². The first-order chi connectivity index (χ1) is 11.5. The van der Waals surface area contributed by atoms with Crippen LogP contribution in [0.3, 0.4) is 0 Å². The van der Waals surface area contributed by atoms with Crippen LogP contribution < -0.4 is 5.32 Å². The van der Waals surface area contributed by atoms with Gasteiger partial charge >= 0.3 is 0 Å². The fraction of sp³-hybridized carbons (Fsp3) is 0.400. The summed E-state index contributed by atoms with van der Waals surface area (Å²) in [5.41, 5.74) is 1.89. The summed E-state index contributed by atoms with van der Waals surface area (Å²) in [5, 5.41) is 10.4. The maximum absolute atomic E-state index is 12.6. The van der Waals surface area contributed by atoms with Crippen LogP contribution >= 0.6 is 11.3 Å². The molecule has 0 atom stereocenters. The average Bonchev–Trinajstić information content (AvgIpc) is 3.08. The molecule has 7 nitrogen and oxygen atoms in total. The summed E-state index contributed by atoms with van der Waals surface area (Å²) >= 11 is 1.22.